The first-order chi connectivity index (χ1) is 14.8. The second-order valence-electron chi connectivity index (χ2n) is 6.29. The van der Waals surface area contributed by atoms with Crippen molar-refractivity contribution in [2.24, 2.45) is 0 Å². The molecule has 0 saturated heterocycles. The van der Waals surface area contributed by atoms with Crippen LogP contribution < -0.4 is 5.43 Å². The molecule has 31 heavy (non-hydrogen) atoms. The fraction of sp³-hybridized carbons (Fsp3) is 0.0952. The summed E-state index contributed by atoms with van der Waals surface area (Å²) in [4.78, 5) is 7.93. The molecule has 0 atom stereocenters. The Kier molecular flexibility index (Phi) is 6.61. The van der Waals surface area contributed by atoms with E-state index in [9.17, 15) is 17.3 Å². The summed E-state index contributed by atoms with van der Waals surface area (Å²) in [5, 5.41) is 4.26. The van der Waals surface area contributed by atoms with E-state index in [1.54, 1.807) is 22.7 Å². The number of hydrogen-bond donors (Lipinski definition) is 0. The van der Waals surface area contributed by atoms with Crippen LogP contribution in [0.15, 0.2) is 63.7 Å². The minimum atomic E-state index is -6.00. The summed E-state index contributed by atoms with van der Waals surface area (Å²) in [5.41, 5.74) is 3.66. The first-order valence-corrected chi connectivity index (χ1v) is 12.6. The summed E-state index contributed by atoms with van der Waals surface area (Å²) in [6.45, 7) is 2.76. The third-order valence-corrected chi connectivity index (χ3v) is 8.50. The van der Waals surface area contributed by atoms with Gasteiger partial charge in [0.2, 0.25) is 0 Å². The van der Waals surface area contributed by atoms with E-state index in [2.05, 4.69) is 66.2 Å². The Morgan fingerprint density at radius 2 is 1.10 bits per heavy atom. The average molecular weight is 498 g/mol. The van der Waals surface area contributed by atoms with E-state index in [0.29, 0.717) is 6.61 Å². The van der Waals surface area contributed by atoms with Gasteiger partial charge in [0.1, 0.15) is 11.1 Å². The van der Waals surface area contributed by atoms with Crippen molar-refractivity contribution in [1.82, 2.24) is 0 Å². The summed E-state index contributed by atoms with van der Waals surface area (Å²) in [7, 11) is -6.00. The van der Waals surface area contributed by atoms with Gasteiger partial charge in [0, 0.05) is 36.2 Å². The largest absolute Gasteiger partial charge is 0.673 e. The first-order valence-electron chi connectivity index (χ1n) is 9.25. The number of thiophene rings is 4. The molecule has 0 unspecified atom stereocenters. The highest BCUT2D eigenvalue weighted by Crippen LogP contribution is 2.45. The molecule has 0 aliphatic rings. The summed E-state index contributed by atoms with van der Waals surface area (Å²) in [6, 6.07) is 17.5. The zero-order chi connectivity index (χ0) is 22.0. The van der Waals surface area contributed by atoms with Crippen molar-refractivity contribution in [2.45, 2.75) is 6.92 Å². The third kappa shape index (κ3) is 5.44. The summed E-state index contributed by atoms with van der Waals surface area (Å²) < 4.78 is 44.9. The monoisotopic (exact) mass is 498 g/mol. The Bertz CT molecular complexity index is 1180. The molecule has 0 spiro atoms. The smallest absolute Gasteiger partial charge is 0.418 e. The van der Waals surface area contributed by atoms with Gasteiger partial charge in [-0.1, -0.05) is 12.1 Å². The lowest BCUT2D eigenvalue weighted by Crippen LogP contribution is -2.02. The minimum Gasteiger partial charge on any atom is -0.418 e. The SMILES string of the molecule is CC[O+]=c1c(-c2ccc(-c3cccs3)s2)c1-c1ccc(-c2cccs2)s1.F[B-](F)(F)F. The van der Waals surface area contributed by atoms with Gasteiger partial charge in [-0.3, -0.25) is 4.42 Å². The maximum Gasteiger partial charge on any atom is 0.673 e. The lowest BCUT2D eigenvalue weighted by atomic mass is 10.3. The molecule has 0 fully saturated rings. The molecule has 10 heteroatoms. The maximum atomic E-state index is 9.75. The normalized spacial score (nSPS) is 11.5. The van der Waals surface area contributed by atoms with E-state index in [4.69, 9.17) is 4.42 Å². The maximum absolute atomic E-state index is 9.75. The van der Waals surface area contributed by atoms with Crippen LogP contribution in [-0.2, 0) is 0 Å². The Hall–Kier alpha value is -2.01. The van der Waals surface area contributed by atoms with Crippen LogP contribution in [0.4, 0.5) is 17.3 Å². The van der Waals surface area contributed by atoms with Crippen molar-refractivity contribution in [3.63, 3.8) is 0 Å². The van der Waals surface area contributed by atoms with Crippen LogP contribution in [0.5, 0.6) is 0 Å². The van der Waals surface area contributed by atoms with Crippen molar-refractivity contribution in [1.29, 1.82) is 0 Å². The topological polar surface area (TPSA) is 11.3 Å². The molecule has 160 valence electrons. The molecule has 0 N–H and O–H groups in total. The Labute approximate surface area is 192 Å². The van der Waals surface area contributed by atoms with Crippen LogP contribution in [0, 0.1) is 0 Å². The molecule has 0 aliphatic heterocycles. The zero-order valence-electron chi connectivity index (χ0n) is 16.1. The number of hydrogen-bond acceptors (Lipinski definition) is 4. The summed E-state index contributed by atoms with van der Waals surface area (Å²) >= 11 is 7.29. The Balaban J connectivity index is 0.000000418. The predicted molar refractivity (Wildman–Crippen MR) is 129 cm³/mol. The van der Waals surface area contributed by atoms with Crippen LogP contribution in [0.2, 0.25) is 0 Å². The van der Waals surface area contributed by atoms with E-state index in [1.807, 2.05) is 22.7 Å². The van der Waals surface area contributed by atoms with Gasteiger partial charge in [-0.05, 0) is 47.2 Å². The first kappa shape index (κ1) is 22.2. The van der Waals surface area contributed by atoms with Crippen LogP contribution in [-0.4, -0.2) is 13.9 Å². The van der Waals surface area contributed by atoms with Crippen molar-refractivity contribution in [3.05, 3.63) is 69.1 Å². The second-order valence-corrected chi connectivity index (χ2v) is 10.4. The van der Waals surface area contributed by atoms with Gasteiger partial charge in [0.25, 0.3) is 6.61 Å². The second kappa shape index (κ2) is 9.24. The lowest BCUT2D eigenvalue weighted by Gasteiger charge is -1.94. The molecule has 1 aromatic carbocycles. The van der Waals surface area contributed by atoms with Crippen molar-refractivity contribution in [3.8, 4) is 40.4 Å². The molecule has 0 amide bonds. The van der Waals surface area contributed by atoms with Crippen molar-refractivity contribution < 1.29 is 17.3 Å². The molecular formula is C21H15BF4OS4. The molecular weight excluding hydrogens is 483 g/mol. The molecule has 0 bridgehead atoms. The molecule has 4 aromatic heterocycles. The van der Waals surface area contributed by atoms with Crippen LogP contribution in [0.3, 0.4) is 0 Å². The predicted octanol–water partition coefficient (Wildman–Crippen LogP) is 8.69. The highest BCUT2D eigenvalue weighted by Gasteiger charge is 2.35. The summed E-state index contributed by atoms with van der Waals surface area (Å²) in [5.74, 6) is 0. The molecule has 4 heterocycles. The van der Waals surface area contributed by atoms with Crippen molar-refractivity contribution in [2.75, 3.05) is 6.61 Å². The van der Waals surface area contributed by atoms with E-state index < -0.39 is 7.25 Å². The van der Waals surface area contributed by atoms with Gasteiger partial charge in [-0.25, -0.2) is 0 Å². The van der Waals surface area contributed by atoms with Gasteiger partial charge in [-0.2, -0.15) is 0 Å². The quantitative estimate of drug-likeness (QED) is 0.130. The highest BCUT2D eigenvalue weighted by atomic mass is 32.1. The molecule has 0 saturated carbocycles. The standard InChI is InChI=1S/C21H15OS4.BF4/c1-2-22-21-19(17-9-7-15(25-17)13-5-3-11-23-13)20(21)18-10-8-16(26-18)14-6-4-12-24-14;2-1(3,4)5/h3-12H,2H2,1H3;/q+1;-1. The minimum absolute atomic E-state index is 0.703. The van der Waals surface area contributed by atoms with Gasteiger partial charge < -0.3 is 17.3 Å². The molecule has 0 aliphatic carbocycles. The third-order valence-electron chi connectivity index (χ3n) is 4.16. The van der Waals surface area contributed by atoms with E-state index >= 15 is 0 Å². The zero-order valence-corrected chi connectivity index (χ0v) is 19.4. The van der Waals surface area contributed by atoms with Crippen LogP contribution in [0.1, 0.15) is 6.92 Å². The van der Waals surface area contributed by atoms with E-state index in [1.165, 1.54) is 40.4 Å². The van der Waals surface area contributed by atoms with E-state index in [-0.39, 0.29) is 0 Å². The number of rotatable bonds is 5. The molecule has 0 radical (unpaired) electrons. The lowest BCUT2D eigenvalue weighted by molar-refractivity contribution is 0.368. The molecule has 5 aromatic rings. The van der Waals surface area contributed by atoms with Crippen LogP contribution >= 0.6 is 45.3 Å². The van der Waals surface area contributed by atoms with Gasteiger partial charge in [0.15, 0.2) is 0 Å². The van der Waals surface area contributed by atoms with Crippen LogP contribution in [0.25, 0.3) is 40.4 Å². The Morgan fingerprint density at radius 1 is 0.677 bits per heavy atom. The Morgan fingerprint density at radius 3 is 1.45 bits per heavy atom. The van der Waals surface area contributed by atoms with Gasteiger partial charge >= 0.3 is 12.7 Å². The molecule has 5 rings (SSSR count). The van der Waals surface area contributed by atoms with Crippen molar-refractivity contribution >= 4 is 52.6 Å². The van der Waals surface area contributed by atoms with Gasteiger partial charge in [0.05, 0.1) is 0 Å². The average Bonchev–Trinajstić information content (AvgIpc) is 3.36. The number of halogens is 4. The highest BCUT2D eigenvalue weighted by molar-refractivity contribution is 7.24. The molecule has 1 nitrogen and oxygen atoms in total. The fourth-order valence-corrected chi connectivity index (χ4v) is 6.75. The van der Waals surface area contributed by atoms with E-state index in [0.717, 1.165) is 5.43 Å². The van der Waals surface area contributed by atoms with Gasteiger partial charge in [-0.15, -0.1) is 45.3 Å². The summed E-state index contributed by atoms with van der Waals surface area (Å²) in [6.07, 6.45) is 0. The fourth-order valence-electron chi connectivity index (χ4n) is 2.98.